The van der Waals surface area contributed by atoms with E-state index >= 15 is 0 Å². The fraction of sp³-hybridized carbons (Fsp3) is 0.333. The smallest absolute Gasteiger partial charge is 0.0122 e. The van der Waals surface area contributed by atoms with E-state index in [1.54, 1.807) is 0 Å². The van der Waals surface area contributed by atoms with Crippen LogP contribution in [0.25, 0.3) is 10.8 Å². The Morgan fingerprint density at radius 3 is 2.16 bits per heavy atom. The molecule has 1 atom stereocenters. The molecule has 0 aliphatic rings. The van der Waals surface area contributed by atoms with Crippen LogP contribution in [0.1, 0.15) is 37.8 Å². The van der Waals surface area contributed by atoms with Crippen molar-refractivity contribution >= 4 is 10.8 Å². The van der Waals surface area contributed by atoms with Gasteiger partial charge in [-0.05, 0) is 56.1 Å². The quantitative estimate of drug-likeness (QED) is 0.563. The molecule has 0 N–H and O–H groups in total. The minimum atomic E-state index is 0.166. The van der Waals surface area contributed by atoms with Gasteiger partial charge in [0.2, 0.25) is 0 Å². The van der Waals surface area contributed by atoms with Gasteiger partial charge in [0.05, 0.1) is 0 Å². The summed E-state index contributed by atoms with van der Waals surface area (Å²) in [5.74, 6) is 0.470. The molecule has 0 heterocycles. The van der Waals surface area contributed by atoms with Crippen LogP contribution in [0, 0.1) is 0 Å². The summed E-state index contributed by atoms with van der Waals surface area (Å²) in [6, 6.07) is 26.4. The summed E-state index contributed by atoms with van der Waals surface area (Å²) in [6.07, 6.45) is 1.06. The van der Waals surface area contributed by atoms with Crippen molar-refractivity contribution in [1.29, 1.82) is 0 Å². The molecule has 25 heavy (non-hydrogen) atoms. The monoisotopic (exact) mass is 331 g/mol. The SMILES string of the molecule is CN(CC(Cc1ccccc1)c1cccc2ccccc12)C(C)(C)C. The van der Waals surface area contributed by atoms with E-state index in [2.05, 4.69) is 106 Å². The third kappa shape index (κ3) is 4.29. The topological polar surface area (TPSA) is 3.24 Å². The van der Waals surface area contributed by atoms with E-state index in [1.165, 1.54) is 21.9 Å². The third-order valence-corrected chi connectivity index (χ3v) is 5.23. The number of rotatable bonds is 5. The highest BCUT2D eigenvalue weighted by Gasteiger charge is 2.23. The van der Waals surface area contributed by atoms with E-state index in [-0.39, 0.29) is 5.54 Å². The van der Waals surface area contributed by atoms with Crippen molar-refractivity contribution in [1.82, 2.24) is 4.90 Å². The van der Waals surface area contributed by atoms with E-state index in [1.807, 2.05) is 0 Å². The van der Waals surface area contributed by atoms with Gasteiger partial charge in [0.15, 0.2) is 0 Å². The molecule has 130 valence electrons. The second kappa shape index (κ2) is 7.41. The van der Waals surface area contributed by atoms with E-state index in [0.717, 1.165) is 13.0 Å². The van der Waals surface area contributed by atoms with Gasteiger partial charge in [-0.3, -0.25) is 0 Å². The minimum Gasteiger partial charge on any atom is -0.301 e. The molecule has 1 unspecified atom stereocenters. The van der Waals surface area contributed by atoms with E-state index < -0.39 is 0 Å². The predicted molar refractivity (Wildman–Crippen MR) is 109 cm³/mol. The Bertz CT molecular complexity index is 809. The fourth-order valence-electron chi connectivity index (χ4n) is 3.38. The largest absolute Gasteiger partial charge is 0.301 e. The molecule has 3 rings (SSSR count). The summed E-state index contributed by atoms with van der Waals surface area (Å²) in [5.41, 5.74) is 3.03. The maximum Gasteiger partial charge on any atom is 0.0122 e. The lowest BCUT2D eigenvalue weighted by molar-refractivity contribution is 0.165. The number of likely N-dealkylation sites (N-methyl/N-ethyl adjacent to an activating group) is 1. The average molecular weight is 332 g/mol. The second-order valence-electron chi connectivity index (χ2n) is 8.01. The Kier molecular flexibility index (Phi) is 5.24. The summed E-state index contributed by atoms with van der Waals surface area (Å²) in [5, 5.41) is 2.71. The van der Waals surface area contributed by atoms with Gasteiger partial charge in [-0.25, -0.2) is 0 Å². The zero-order valence-corrected chi connectivity index (χ0v) is 15.9. The molecular formula is C24H29N. The van der Waals surface area contributed by atoms with Crippen molar-refractivity contribution in [2.45, 2.75) is 38.6 Å². The molecule has 0 aliphatic carbocycles. The van der Waals surface area contributed by atoms with Crippen molar-refractivity contribution in [3.63, 3.8) is 0 Å². The van der Waals surface area contributed by atoms with Crippen molar-refractivity contribution in [2.24, 2.45) is 0 Å². The van der Waals surface area contributed by atoms with E-state index in [0.29, 0.717) is 5.92 Å². The summed E-state index contributed by atoms with van der Waals surface area (Å²) < 4.78 is 0. The molecule has 0 fully saturated rings. The van der Waals surface area contributed by atoms with Crippen molar-refractivity contribution in [3.8, 4) is 0 Å². The summed E-state index contributed by atoms with van der Waals surface area (Å²) in [6.45, 7) is 7.91. The van der Waals surface area contributed by atoms with Crippen LogP contribution in [0.15, 0.2) is 72.8 Å². The first-order chi connectivity index (χ1) is 11.9. The van der Waals surface area contributed by atoms with Crippen LogP contribution in [0.5, 0.6) is 0 Å². The first-order valence-corrected chi connectivity index (χ1v) is 9.18. The Hall–Kier alpha value is -2.12. The van der Waals surface area contributed by atoms with Crippen LogP contribution in [-0.2, 0) is 6.42 Å². The van der Waals surface area contributed by atoms with Crippen LogP contribution in [-0.4, -0.2) is 24.0 Å². The highest BCUT2D eigenvalue weighted by Crippen LogP contribution is 2.30. The van der Waals surface area contributed by atoms with Crippen molar-refractivity contribution in [2.75, 3.05) is 13.6 Å². The average Bonchev–Trinajstić information content (AvgIpc) is 2.60. The molecule has 1 nitrogen and oxygen atoms in total. The number of fused-ring (bicyclic) bond motifs is 1. The maximum atomic E-state index is 2.47. The van der Waals surface area contributed by atoms with Crippen molar-refractivity contribution < 1.29 is 0 Å². The molecule has 0 spiro atoms. The molecule has 0 amide bonds. The van der Waals surface area contributed by atoms with Crippen LogP contribution < -0.4 is 0 Å². The molecule has 0 radical (unpaired) electrons. The molecule has 3 aromatic rings. The van der Waals surface area contributed by atoms with Gasteiger partial charge >= 0.3 is 0 Å². The van der Waals surface area contributed by atoms with Crippen LogP contribution >= 0.6 is 0 Å². The molecule has 0 aliphatic heterocycles. The molecule has 0 saturated heterocycles. The highest BCUT2D eigenvalue weighted by atomic mass is 15.2. The second-order valence-corrected chi connectivity index (χ2v) is 8.01. The minimum absolute atomic E-state index is 0.166. The Labute approximate surface area is 152 Å². The highest BCUT2D eigenvalue weighted by molar-refractivity contribution is 5.86. The van der Waals surface area contributed by atoms with Gasteiger partial charge in [-0.15, -0.1) is 0 Å². The van der Waals surface area contributed by atoms with Crippen molar-refractivity contribution in [3.05, 3.63) is 83.9 Å². The number of nitrogens with zero attached hydrogens (tertiary/aromatic N) is 1. The van der Waals surface area contributed by atoms with Gasteiger partial charge in [0, 0.05) is 18.0 Å². The maximum absolute atomic E-state index is 2.47. The Balaban J connectivity index is 2.00. The molecule has 0 bridgehead atoms. The van der Waals surface area contributed by atoms with Gasteiger partial charge in [-0.1, -0.05) is 72.8 Å². The van der Waals surface area contributed by atoms with Gasteiger partial charge in [0.1, 0.15) is 0 Å². The van der Waals surface area contributed by atoms with Crippen LogP contribution in [0.2, 0.25) is 0 Å². The van der Waals surface area contributed by atoms with Crippen LogP contribution in [0.3, 0.4) is 0 Å². The standard InChI is InChI=1S/C24H29N/c1-24(2,3)25(4)18-21(17-19-11-6-5-7-12-19)23-16-10-14-20-13-8-9-15-22(20)23/h5-16,21H,17-18H2,1-4H3. The van der Waals surface area contributed by atoms with Gasteiger partial charge in [-0.2, -0.15) is 0 Å². The molecule has 0 aromatic heterocycles. The lowest BCUT2D eigenvalue weighted by atomic mass is 9.87. The first-order valence-electron chi connectivity index (χ1n) is 9.18. The van der Waals surface area contributed by atoms with E-state index in [9.17, 15) is 0 Å². The lowest BCUT2D eigenvalue weighted by Crippen LogP contribution is -2.41. The van der Waals surface area contributed by atoms with Gasteiger partial charge in [0.25, 0.3) is 0 Å². The summed E-state index contributed by atoms with van der Waals surface area (Å²) >= 11 is 0. The number of hydrogen-bond donors (Lipinski definition) is 0. The van der Waals surface area contributed by atoms with Crippen LogP contribution in [0.4, 0.5) is 0 Å². The molecule has 1 heteroatoms. The lowest BCUT2D eigenvalue weighted by Gasteiger charge is -2.35. The van der Waals surface area contributed by atoms with E-state index in [4.69, 9.17) is 0 Å². The normalized spacial score (nSPS) is 13.3. The zero-order chi connectivity index (χ0) is 17.9. The summed E-state index contributed by atoms with van der Waals surface area (Å²) in [7, 11) is 2.24. The number of hydrogen-bond acceptors (Lipinski definition) is 1. The first kappa shape index (κ1) is 17.7. The Morgan fingerprint density at radius 1 is 0.800 bits per heavy atom. The fourth-order valence-corrected chi connectivity index (χ4v) is 3.38. The summed E-state index contributed by atoms with van der Waals surface area (Å²) in [4.78, 5) is 2.47. The predicted octanol–water partition coefficient (Wildman–Crippen LogP) is 5.90. The third-order valence-electron chi connectivity index (χ3n) is 5.23. The molecule has 0 saturated carbocycles. The Morgan fingerprint density at radius 2 is 1.44 bits per heavy atom. The zero-order valence-electron chi connectivity index (χ0n) is 15.9. The molecule has 3 aromatic carbocycles. The number of benzene rings is 3. The van der Waals surface area contributed by atoms with Gasteiger partial charge < -0.3 is 4.90 Å². The molecular weight excluding hydrogens is 302 g/mol.